The zero-order valence-corrected chi connectivity index (χ0v) is 13.9. The molecule has 8 heteroatoms. The molecule has 0 aliphatic carbocycles. The molecule has 0 aliphatic heterocycles. The van der Waals surface area contributed by atoms with E-state index in [0.717, 1.165) is 0 Å². The van der Waals surface area contributed by atoms with Crippen LogP contribution in [0.2, 0.25) is 10.0 Å². The summed E-state index contributed by atoms with van der Waals surface area (Å²) in [5, 5.41) is 0.555. The van der Waals surface area contributed by atoms with Crippen LogP contribution in [0.5, 0.6) is 11.5 Å². The predicted octanol–water partition coefficient (Wildman–Crippen LogP) is 3.45. The molecule has 4 N–H and O–H groups in total. The van der Waals surface area contributed by atoms with Gasteiger partial charge < -0.3 is 20.9 Å². The van der Waals surface area contributed by atoms with Crippen LogP contribution in [-0.2, 0) is 9.59 Å². The smallest absolute Gasteiger partial charge is 0.311 e. The molecule has 0 spiro atoms. The number of nitrogens with two attached hydrogens (primary N) is 2. The van der Waals surface area contributed by atoms with Gasteiger partial charge in [0.1, 0.15) is 11.5 Å². The van der Waals surface area contributed by atoms with E-state index in [1.54, 1.807) is 0 Å². The van der Waals surface area contributed by atoms with Crippen molar-refractivity contribution in [1.82, 2.24) is 0 Å². The van der Waals surface area contributed by atoms with Crippen molar-refractivity contribution in [2.75, 3.05) is 11.5 Å². The zero-order chi connectivity index (χ0) is 17.7. The summed E-state index contributed by atoms with van der Waals surface area (Å²) < 4.78 is 10.1. The van der Waals surface area contributed by atoms with Gasteiger partial charge in [0.25, 0.3) is 0 Å². The monoisotopic (exact) mass is 368 g/mol. The highest BCUT2D eigenvalue weighted by atomic mass is 35.5. The molecule has 0 heterocycles. The van der Waals surface area contributed by atoms with E-state index in [-0.39, 0.29) is 34.4 Å². The van der Waals surface area contributed by atoms with Crippen LogP contribution in [-0.4, -0.2) is 11.9 Å². The van der Waals surface area contributed by atoms with Crippen molar-refractivity contribution in [3.05, 3.63) is 46.4 Å². The Balaban J connectivity index is 1.83. The van der Waals surface area contributed by atoms with Crippen LogP contribution < -0.4 is 20.9 Å². The second kappa shape index (κ2) is 7.90. The Morgan fingerprint density at radius 2 is 1.17 bits per heavy atom. The van der Waals surface area contributed by atoms with Gasteiger partial charge >= 0.3 is 11.9 Å². The summed E-state index contributed by atoms with van der Waals surface area (Å²) in [6, 6.07) is 8.89. The summed E-state index contributed by atoms with van der Waals surface area (Å²) in [6.45, 7) is 0. The van der Waals surface area contributed by atoms with Gasteiger partial charge in [-0.25, -0.2) is 0 Å². The second-order valence-corrected chi connectivity index (χ2v) is 5.63. The van der Waals surface area contributed by atoms with Gasteiger partial charge in [-0.3, -0.25) is 9.59 Å². The Morgan fingerprint density at radius 3 is 1.50 bits per heavy atom. The number of hydrogen-bond acceptors (Lipinski definition) is 6. The van der Waals surface area contributed by atoms with Gasteiger partial charge in [-0.1, -0.05) is 23.2 Å². The SMILES string of the molecule is Nc1ccc(OC(=O)CCC(=O)Oc2ccc(N)c(Cl)c2)cc1Cl. The summed E-state index contributed by atoms with van der Waals surface area (Å²) in [7, 11) is 0. The highest BCUT2D eigenvalue weighted by Gasteiger charge is 2.12. The molecule has 0 saturated heterocycles. The minimum Gasteiger partial charge on any atom is -0.426 e. The van der Waals surface area contributed by atoms with Crippen molar-refractivity contribution in [2.45, 2.75) is 12.8 Å². The summed E-state index contributed by atoms with van der Waals surface area (Å²) >= 11 is 11.7. The number of nitrogen functional groups attached to an aromatic ring is 2. The van der Waals surface area contributed by atoms with Gasteiger partial charge in [0.05, 0.1) is 34.3 Å². The number of benzene rings is 2. The van der Waals surface area contributed by atoms with Crippen LogP contribution in [0, 0.1) is 0 Å². The normalized spacial score (nSPS) is 10.2. The van der Waals surface area contributed by atoms with Crippen LogP contribution in [0.15, 0.2) is 36.4 Å². The lowest BCUT2D eigenvalue weighted by molar-refractivity contribution is -0.140. The van der Waals surface area contributed by atoms with Crippen LogP contribution >= 0.6 is 23.2 Å². The summed E-state index contributed by atoms with van der Waals surface area (Å²) in [5.41, 5.74) is 11.9. The first kappa shape index (κ1) is 17.9. The predicted molar refractivity (Wildman–Crippen MR) is 92.2 cm³/mol. The van der Waals surface area contributed by atoms with Crippen molar-refractivity contribution < 1.29 is 19.1 Å². The average Bonchev–Trinajstić information content (AvgIpc) is 2.53. The van der Waals surface area contributed by atoms with Crippen LogP contribution in [0.1, 0.15) is 12.8 Å². The van der Waals surface area contributed by atoms with E-state index >= 15 is 0 Å². The Bertz CT molecular complexity index is 715. The van der Waals surface area contributed by atoms with Crippen LogP contribution in [0.25, 0.3) is 0 Å². The third-order valence-electron chi connectivity index (χ3n) is 2.94. The number of anilines is 2. The Labute approximate surface area is 148 Å². The molecular weight excluding hydrogens is 355 g/mol. The van der Waals surface area contributed by atoms with Gasteiger partial charge in [-0.05, 0) is 24.3 Å². The zero-order valence-electron chi connectivity index (χ0n) is 12.4. The van der Waals surface area contributed by atoms with Gasteiger partial charge in [0.2, 0.25) is 0 Å². The summed E-state index contributed by atoms with van der Waals surface area (Å²) in [4.78, 5) is 23.4. The number of hydrogen-bond donors (Lipinski definition) is 2. The van der Waals surface area contributed by atoms with Crippen molar-refractivity contribution in [2.24, 2.45) is 0 Å². The number of carbonyl (C=O) groups is 2. The highest BCUT2D eigenvalue weighted by Crippen LogP contribution is 2.25. The summed E-state index contributed by atoms with van der Waals surface area (Å²) in [5.74, 6) is -0.693. The van der Waals surface area contributed by atoms with E-state index in [1.807, 2.05) is 0 Å². The van der Waals surface area contributed by atoms with Gasteiger partial charge in [-0.15, -0.1) is 0 Å². The molecule has 24 heavy (non-hydrogen) atoms. The number of rotatable bonds is 5. The minimum absolute atomic E-state index is 0.149. The standard InChI is InChI=1S/C16H14Cl2N2O4/c17-11-7-9(1-3-13(11)19)23-15(21)5-6-16(22)24-10-2-4-14(20)12(18)8-10/h1-4,7-8H,5-6,19-20H2. The molecular formula is C16H14Cl2N2O4. The molecule has 0 aromatic heterocycles. The number of halogens is 2. The van der Waals surface area contributed by atoms with Crippen LogP contribution in [0.4, 0.5) is 11.4 Å². The highest BCUT2D eigenvalue weighted by molar-refractivity contribution is 6.33. The first-order valence-corrected chi connectivity index (χ1v) is 7.62. The number of ether oxygens (including phenoxy) is 2. The molecule has 2 aromatic rings. The quantitative estimate of drug-likeness (QED) is 0.475. The van der Waals surface area contributed by atoms with E-state index in [0.29, 0.717) is 11.4 Å². The molecule has 0 atom stereocenters. The largest absolute Gasteiger partial charge is 0.426 e. The third-order valence-corrected chi connectivity index (χ3v) is 3.60. The average molecular weight is 369 g/mol. The fourth-order valence-electron chi connectivity index (χ4n) is 1.71. The van der Waals surface area contributed by atoms with Gasteiger partial charge in [-0.2, -0.15) is 0 Å². The molecule has 0 amide bonds. The van der Waals surface area contributed by atoms with Crippen molar-refractivity contribution in [3.63, 3.8) is 0 Å². The minimum atomic E-state index is -0.594. The lowest BCUT2D eigenvalue weighted by Gasteiger charge is -2.07. The Morgan fingerprint density at radius 1 is 0.792 bits per heavy atom. The molecule has 0 radical (unpaired) electrons. The number of carbonyl (C=O) groups excluding carboxylic acids is 2. The first-order chi connectivity index (χ1) is 11.3. The van der Waals surface area contributed by atoms with E-state index in [9.17, 15) is 9.59 Å². The topological polar surface area (TPSA) is 105 Å². The van der Waals surface area contributed by atoms with Crippen LogP contribution in [0.3, 0.4) is 0 Å². The molecule has 0 bridgehead atoms. The molecule has 0 fully saturated rings. The van der Waals surface area contributed by atoms with Crippen molar-refractivity contribution >= 4 is 46.5 Å². The van der Waals surface area contributed by atoms with E-state index < -0.39 is 11.9 Å². The fourth-order valence-corrected chi connectivity index (χ4v) is 2.05. The van der Waals surface area contributed by atoms with Crippen molar-refractivity contribution in [1.29, 1.82) is 0 Å². The van der Waals surface area contributed by atoms with E-state index in [2.05, 4.69) is 0 Å². The van der Waals surface area contributed by atoms with Gasteiger partial charge in [0, 0.05) is 12.1 Å². The molecule has 2 rings (SSSR count). The molecule has 0 unspecified atom stereocenters. The molecule has 0 saturated carbocycles. The van der Waals surface area contributed by atoms with Crippen molar-refractivity contribution in [3.8, 4) is 11.5 Å². The lowest BCUT2D eigenvalue weighted by atomic mass is 10.3. The molecule has 126 valence electrons. The van der Waals surface area contributed by atoms with E-state index in [4.69, 9.17) is 44.1 Å². The maximum atomic E-state index is 11.7. The molecule has 0 aliphatic rings. The molecule has 2 aromatic carbocycles. The Kier molecular flexibility index (Phi) is 5.89. The fraction of sp³-hybridized carbons (Fsp3) is 0.125. The molecule has 6 nitrogen and oxygen atoms in total. The maximum Gasteiger partial charge on any atom is 0.311 e. The van der Waals surface area contributed by atoms with Gasteiger partial charge in [0.15, 0.2) is 0 Å². The second-order valence-electron chi connectivity index (χ2n) is 4.81. The summed E-state index contributed by atoms with van der Waals surface area (Å²) in [6.07, 6.45) is -0.299. The van der Waals surface area contributed by atoms with E-state index in [1.165, 1.54) is 36.4 Å². The maximum absolute atomic E-state index is 11.7. The third kappa shape index (κ3) is 5.04. The lowest BCUT2D eigenvalue weighted by Crippen LogP contribution is -2.14. The Hall–Kier alpha value is -2.44. The first-order valence-electron chi connectivity index (χ1n) is 6.86. The number of esters is 2.